The molecule has 152 valence electrons. The van der Waals surface area contributed by atoms with Crippen LogP contribution in [-0.2, 0) is 21.2 Å². The maximum Gasteiger partial charge on any atom is 0.243 e. The van der Waals surface area contributed by atoms with E-state index < -0.39 is 10.0 Å². The molecular weight excluding hydrogens is 376 g/mol. The van der Waals surface area contributed by atoms with Gasteiger partial charge in [0.2, 0.25) is 15.9 Å². The van der Waals surface area contributed by atoms with Crippen LogP contribution in [-0.4, -0.2) is 45.4 Å². The van der Waals surface area contributed by atoms with Crippen molar-refractivity contribution in [3.63, 3.8) is 0 Å². The summed E-state index contributed by atoms with van der Waals surface area (Å²) in [5.41, 5.74) is 2.14. The summed E-state index contributed by atoms with van der Waals surface area (Å²) in [7, 11) is -2.26. The van der Waals surface area contributed by atoms with Gasteiger partial charge < -0.3 is 10.1 Å². The summed E-state index contributed by atoms with van der Waals surface area (Å²) in [6.07, 6.45) is 1.60. The maximum absolute atomic E-state index is 12.5. The van der Waals surface area contributed by atoms with Crippen LogP contribution in [0.2, 0.25) is 0 Å². The fourth-order valence-corrected chi connectivity index (χ4v) is 3.80. The second-order valence-corrected chi connectivity index (χ2v) is 8.65. The number of carbonyl (C=O) groups excluding carboxylic acids is 1. The van der Waals surface area contributed by atoms with Crippen LogP contribution in [0.5, 0.6) is 5.75 Å². The van der Waals surface area contributed by atoms with Gasteiger partial charge in [0, 0.05) is 13.6 Å². The second-order valence-electron chi connectivity index (χ2n) is 6.60. The first-order valence-corrected chi connectivity index (χ1v) is 10.8. The van der Waals surface area contributed by atoms with Gasteiger partial charge in [0.05, 0.1) is 18.0 Å². The number of carbonyl (C=O) groups is 1. The van der Waals surface area contributed by atoms with Gasteiger partial charge in [-0.3, -0.25) is 4.79 Å². The van der Waals surface area contributed by atoms with E-state index in [0.717, 1.165) is 34.0 Å². The molecule has 0 aliphatic carbocycles. The van der Waals surface area contributed by atoms with E-state index in [4.69, 9.17) is 4.74 Å². The topological polar surface area (TPSA) is 75.7 Å². The molecule has 28 heavy (non-hydrogen) atoms. The molecule has 1 amide bonds. The molecule has 1 N–H and O–H groups in total. The Morgan fingerprint density at radius 2 is 1.71 bits per heavy atom. The molecule has 0 saturated carbocycles. The van der Waals surface area contributed by atoms with Crippen LogP contribution in [0, 0.1) is 6.92 Å². The third-order valence-electron chi connectivity index (χ3n) is 4.29. The van der Waals surface area contributed by atoms with Crippen molar-refractivity contribution in [1.82, 2.24) is 9.62 Å². The quantitative estimate of drug-likeness (QED) is 0.618. The molecule has 0 aromatic heterocycles. The highest BCUT2D eigenvalue weighted by Gasteiger charge is 2.22. The number of hydrogen-bond acceptors (Lipinski definition) is 4. The number of nitrogens with one attached hydrogen (secondary N) is 1. The molecule has 2 rings (SSSR count). The van der Waals surface area contributed by atoms with Crippen molar-refractivity contribution in [1.29, 1.82) is 0 Å². The average Bonchev–Trinajstić information content (AvgIpc) is 2.67. The van der Waals surface area contributed by atoms with Crippen LogP contribution in [0.15, 0.2) is 53.4 Å². The van der Waals surface area contributed by atoms with Crippen molar-refractivity contribution in [2.24, 2.45) is 0 Å². The van der Waals surface area contributed by atoms with Crippen molar-refractivity contribution in [3.8, 4) is 5.75 Å². The van der Waals surface area contributed by atoms with Crippen LogP contribution in [0.3, 0.4) is 0 Å². The van der Waals surface area contributed by atoms with Crippen LogP contribution < -0.4 is 10.1 Å². The second kappa shape index (κ2) is 10.2. The zero-order valence-corrected chi connectivity index (χ0v) is 17.5. The SMILES string of the molecule is CCOc1ccc(CCCNC(=O)CN(C)S(=O)(=O)c2ccc(C)cc2)cc1. The summed E-state index contributed by atoms with van der Waals surface area (Å²) < 4.78 is 31.5. The van der Waals surface area contributed by atoms with Gasteiger partial charge in [-0.05, 0) is 56.5 Å². The number of rotatable bonds is 10. The molecule has 2 aromatic rings. The number of likely N-dealkylation sites (N-methyl/N-ethyl adjacent to an activating group) is 1. The minimum atomic E-state index is -3.67. The summed E-state index contributed by atoms with van der Waals surface area (Å²) in [6.45, 7) is 4.75. The summed E-state index contributed by atoms with van der Waals surface area (Å²) in [4.78, 5) is 12.3. The highest BCUT2D eigenvalue weighted by Crippen LogP contribution is 2.15. The zero-order valence-electron chi connectivity index (χ0n) is 16.6. The smallest absolute Gasteiger partial charge is 0.243 e. The molecule has 0 atom stereocenters. The number of hydrogen-bond donors (Lipinski definition) is 1. The monoisotopic (exact) mass is 404 g/mol. The van der Waals surface area contributed by atoms with Gasteiger partial charge in [-0.15, -0.1) is 0 Å². The molecular formula is C21H28N2O4S. The van der Waals surface area contributed by atoms with Crippen molar-refractivity contribution >= 4 is 15.9 Å². The van der Waals surface area contributed by atoms with Gasteiger partial charge in [-0.2, -0.15) is 4.31 Å². The standard InChI is InChI=1S/C21H28N2O4S/c1-4-27-19-11-9-18(10-12-19)6-5-15-22-21(24)16-23(3)28(25,26)20-13-7-17(2)8-14-20/h7-14H,4-6,15-16H2,1-3H3,(H,22,24). The van der Waals surface area contributed by atoms with Gasteiger partial charge >= 0.3 is 0 Å². The molecule has 7 heteroatoms. The number of amides is 1. The zero-order chi connectivity index (χ0) is 20.6. The third kappa shape index (κ3) is 6.35. The third-order valence-corrected chi connectivity index (χ3v) is 6.11. The molecule has 0 unspecified atom stereocenters. The predicted molar refractivity (Wildman–Crippen MR) is 110 cm³/mol. The van der Waals surface area contributed by atoms with E-state index in [1.165, 1.54) is 7.05 Å². The summed E-state index contributed by atoms with van der Waals surface area (Å²) in [5.74, 6) is 0.530. The fourth-order valence-electron chi connectivity index (χ4n) is 2.67. The summed E-state index contributed by atoms with van der Waals surface area (Å²) in [6, 6.07) is 14.5. The van der Waals surface area contributed by atoms with Gasteiger partial charge in [0.1, 0.15) is 5.75 Å². The van der Waals surface area contributed by atoms with Gasteiger partial charge in [-0.1, -0.05) is 29.8 Å². The highest BCUT2D eigenvalue weighted by atomic mass is 32.2. The van der Waals surface area contributed by atoms with E-state index in [2.05, 4.69) is 5.32 Å². The normalized spacial score (nSPS) is 11.4. The van der Waals surface area contributed by atoms with Gasteiger partial charge in [0.25, 0.3) is 0 Å². The Kier molecular flexibility index (Phi) is 8.02. The lowest BCUT2D eigenvalue weighted by atomic mass is 10.1. The first kappa shape index (κ1) is 21.9. The van der Waals surface area contributed by atoms with Crippen LogP contribution in [0.1, 0.15) is 24.5 Å². The first-order valence-electron chi connectivity index (χ1n) is 9.34. The molecule has 6 nitrogen and oxygen atoms in total. The van der Waals surface area contributed by atoms with Crippen LogP contribution >= 0.6 is 0 Å². The number of sulfonamides is 1. The largest absolute Gasteiger partial charge is 0.494 e. The lowest BCUT2D eigenvalue weighted by Gasteiger charge is -2.17. The number of ether oxygens (including phenoxy) is 1. The van der Waals surface area contributed by atoms with Crippen LogP contribution in [0.4, 0.5) is 0 Å². The Morgan fingerprint density at radius 1 is 1.07 bits per heavy atom. The minimum Gasteiger partial charge on any atom is -0.494 e. The lowest BCUT2D eigenvalue weighted by molar-refractivity contribution is -0.121. The Hall–Kier alpha value is -2.38. The number of nitrogens with zero attached hydrogens (tertiary/aromatic N) is 1. The molecule has 0 radical (unpaired) electrons. The molecule has 0 bridgehead atoms. The Morgan fingerprint density at radius 3 is 2.32 bits per heavy atom. The summed E-state index contributed by atoms with van der Waals surface area (Å²) in [5, 5.41) is 2.78. The Labute approximate surface area is 167 Å². The molecule has 2 aromatic carbocycles. The van der Waals surface area contributed by atoms with Crippen LogP contribution in [0.25, 0.3) is 0 Å². The van der Waals surface area contributed by atoms with Gasteiger partial charge in [-0.25, -0.2) is 8.42 Å². The highest BCUT2D eigenvalue weighted by molar-refractivity contribution is 7.89. The maximum atomic E-state index is 12.5. The van der Waals surface area contributed by atoms with E-state index in [1.54, 1.807) is 24.3 Å². The van der Waals surface area contributed by atoms with Crippen molar-refractivity contribution in [2.45, 2.75) is 31.6 Å². The minimum absolute atomic E-state index is 0.184. The fraction of sp³-hybridized carbons (Fsp3) is 0.381. The average molecular weight is 405 g/mol. The molecule has 0 heterocycles. The number of aryl methyl sites for hydroxylation is 2. The van der Waals surface area contributed by atoms with Crippen molar-refractivity contribution in [2.75, 3.05) is 26.7 Å². The van der Waals surface area contributed by atoms with E-state index in [1.807, 2.05) is 38.1 Å². The van der Waals surface area contributed by atoms with E-state index >= 15 is 0 Å². The van der Waals surface area contributed by atoms with E-state index in [0.29, 0.717) is 13.2 Å². The van der Waals surface area contributed by atoms with Crippen molar-refractivity contribution < 1.29 is 17.9 Å². The Balaban J connectivity index is 1.76. The number of benzene rings is 2. The molecule has 0 fully saturated rings. The molecule has 0 aliphatic rings. The molecule has 0 saturated heterocycles. The first-order chi connectivity index (χ1) is 13.3. The van der Waals surface area contributed by atoms with E-state index in [-0.39, 0.29) is 17.3 Å². The van der Waals surface area contributed by atoms with E-state index in [9.17, 15) is 13.2 Å². The molecule has 0 spiro atoms. The molecule has 0 aliphatic heterocycles. The predicted octanol–water partition coefficient (Wildman–Crippen LogP) is 2.76. The lowest BCUT2D eigenvalue weighted by Crippen LogP contribution is -2.38. The summed E-state index contributed by atoms with van der Waals surface area (Å²) >= 11 is 0. The Bertz CT molecular complexity index is 862. The van der Waals surface area contributed by atoms with Gasteiger partial charge in [0.15, 0.2) is 0 Å². The van der Waals surface area contributed by atoms with Crippen molar-refractivity contribution in [3.05, 3.63) is 59.7 Å².